The highest BCUT2D eigenvalue weighted by atomic mass is 79.9. The summed E-state index contributed by atoms with van der Waals surface area (Å²) < 4.78 is 58.8. The van der Waals surface area contributed by atoms with E-state index in [0.717, 1.165) is 37.6 Å². The average molecular weight is 483 g/mol. The molecule has 1 aliphatic heterocycles. The summed E-state index contributed by atoms with van der Waals surface area (Å²) in [5, 5.41) is 8.20. The van der Waals surface area contributed by atoms with Crippen molar-refractivity contribution in [3.8, 4) is 11.4 Å². The third kappa shape index (κ3) is 4.04. The number of aryl methyl sites for hydroxylation is 1. The molecule has 6 nitrogen and oxygen atoms in total. The van der Waals surface area contributed by atoms with E-state index in [9.17, 15) is 17.2 Å². The van der Waals surface area contributed by atoms with Crippen molar-refractivity contribution in [3.63, 3.8) is 0 Å². The van der Waals surface area contributed by atoms with Crippen LogP contribution < -0.4 is 4.72 Å². The van der Waals surface area contributed by atoms with Crippen molar-refractivity contribution < 1.29 is 17.2 Å². The van der Waals surface area contributed by atoms with Crippen LogP contribution in [0.15, 0.2) is 45.8 Å². The normalized spacial score (nSPS) is 14.3. The van der Waals surface area contributed by atoms with E-state index in [0.29, 0.717) is 17.1 Å². The highest BCUT2D eigenvalue weighted by Crippen LogP contribution is 2.30. The number of hydrogen-bond donors (Lipinski definition) is 1. The number of hydrogen-bond acceptors (Lipinski definition) is 4. The van der Waals surface area contributed by atoms with E-state index >= 15 is 0 Å². The van der Waals surface area contributed by atoms with Gasteiger partial charge < -0.3 is 4.57 Å². The van der Waals surface area contributed by atoms with Gasteiger partial charge in [-0.2, -0.15) is 0 Å². The Bertz CT molecular complexity index is 1180. The number of benzene rings is 2. The van der Waals surface area contributed by atoms with Gasteiger partial charge in [-0.15, -0.1) is 10.2 Å². The Morgan fingerprint density at radius 1 is 1.03 bits per heavy atom. The summed E-state index contributed by atoms with van der Waals surface area (Å²) in [4.78, 5) is -0.0477. The molecule has 0 unspecified atom stereocenters. The van der Waals surface area contributed by atoms with Gasteiger partial charge in [0.05, 0.1) is 16.1 Å². The molecule has 0 saturated carbocycles. The van der Waals surface area contributed by atoms with Crippen molar-refractivity contribution in [1.29, 1.82) is 0 Å². The van der Waals surface area contributed by atoms with E-state index in [-0.39, 0.29) is 22.0 Å². The first-order valence-corrected chi connectivity index (χ1v) is 11.3. The monoisotopic (exact) mass is 482 g/mol. The van der Waals surface area contributed by atoms with Crippen LogP contribution in [0.4, 0.5) is 14.5 Å². The molecule has 0 aliphatic carbocycles. The van der Waals surface area contributed by atoms with Crippen LogP contribution in [-0.4, -0.2) is 23.2 Å². The first-order chi connectivity index (χ1) is 13.8. The minimum absolute atomic E-state index is 0.000933. The highest BCUT2D eigenvalue weighted by Gasteiger charge is 2.23. The van der Waals surface area contributed by atoms with E-state index in [2.05, 4.69) is 30.8 Å². The molecule has 0 atom stereocenters. The Kier molecular flexibility index (Phi) is 5.39. The van der Waals surface area contributed by atoms with Gasteiger partial charge in [-0.3, -0.25) is 4.72 Å². The lowest BCUT2D eigenvalue weighted by molar-refractivity contribution is 0.581. The zero-order valence-electron chi connectivity index (χ0n) is 15.2. The fourth-order valence-electron chi connectivity index (χ4n) is 3.32. The summed E-state index contributed by atoms with van der Waals surface area (Å²) in [5.41, 5.74) is -0.355. The number of anilines is 1. The van der Waals surface area contributed by atoms with Crippen molar-refractivity contribution in [2.45, 2.75) is 37.1 Å². The standard InChI is InChI=1S/C19H17BrF2N4O2S/c20-12-5-4-6-13(9-12)29(27,28)25-17-10-14(15(21)11-16(17)22)19-24-23-18-7-2-1-3-8-26(18)19/h4-6,9-11,25H,1-3,7-8H2. The van der Waals surface area contributed by atoms with Crippen LogP contribution in [0.2, 0.25) is 0 Å². The molecule has 4 rings (SSSR count). The Morgan fingerprint density at radius 2 is 1.86 bits per heavy atom. The van der Waals surface area contributed by atoms with Crippen LogP contribution in [-0.2, 0) is 23.0 Å². The molecule has 0 amide bonds. The summed E-state index contributed by atoms with van der Waals surface area (Å²) in [5.74, 6) is -0.826. The van der Waals surface area contributed by atoms with Gasteiger partial charge in [-0.25, -0.2) is 17.2 Å². The Labute approximate surface area is 175 Å². The molecule has 1 aromatic heterocycles. The molecule has 29 heavy (non-hydrogen) atoms. The van der Waals surface area contributed by atoms with Crippen LogP contribution in [0.3, 0.4) is 0 Å². The van der Waals surface area contributed by atoms with Crippen LogP contribution in [0.1, 0.15) is 25.1 Å². The van der Waals surface area contributed by atoms with Gasteiger partial charge in [-0.1, -0.05) is 28.4 Å². The lowest BCUT2D eigenvalue weighted by atomic mass is 10.1. The number of nitrogens with one attached hydrogen (secondary N) is 1. The molecule has 152 valence electrons. The Morgan fingerprint density at radius 3 is 2.66 bits per heavy atom. The highest BCUT2D eigenvalue weighted by molar-refractivity contribution is 9.10. The quantitative estimate of drug-likeness (QED) is 0.593. The second kappa shape index (κ2) is 7.83. The van der Waals surface area contributed by atoms with Crippen LogP contribution in [0.5, 0.6) is 0 Å². The maximum Gasteiger partial charge on any atom is 0.262 e. The molecule has 0 bridgehead atoms. The van der Waals surface area contributed by atoms with Gasteiger partial charge in [0, 0.05) is 23.5 Å². The molecule has 10 heteroatoms. The molecule has 2 aromatic carbocycles. The largest absolute Gasteiger partial charge is 0.311 e. The van der Waals surface area contributed by atoms with E-state index < -0.39 is 21.7 Å². The van der Waals surface area contributed by atoms with Gasteiger partial charge in [0.15, 0.2) is 5.82 Å². The maximum absolute atomic E-state index is 14.6. The molecule has 0 spiro atoms. The number of aromatic nitrogens is 3. The van der Waals surface area contributed by atoms with Gasteiger partial charge in [0.2, 0.25) is 0 Å². The van der Waals surface area contributed by atoms with E-state index in [1.165, 1.54) is 12.1 Å². The van der Waals surface area contributed by atoms with Gasteiger partial charge in [0.25, 0.3) is 10.0 Å². The summed E-state index contributed by atoms with van der Waals surface area (Å²) in [6, 6.07) is 7.79. The summed E-state index contributed by atoms with van der Waals surface area (Å²) in [7, 11) is -4.07. The zero-order chi connectivity index (χ0) is 20.6. The second-order valence-corrected chi connectivity index (χ2v) is 9.37. The third-order valence-electron chi connectivity index (χ3n) is 4.76. The van der Waals surface area contributed by atoms with Crippen molar-refractivity contribution in [2.75, 3.05) is 4.72 Å². The first-order valence-electron chi connectivity index (χ1n) is 9.05. The van der Waals surface area contributed by atoms with E-state index in [1.54, 1.807) is 12.1 Å². The molecule has 1 N–H and O–H groups in total. The average Bonchev–Trinajstić information content (AvgIpc) is 2.91. The van der Waals surface area contributed by atoms with Crippen LogP contribution >= 0.6 is 15.9 Å². The van der Waals surface area contributed by atoms with Gasteiger partial charge in [-0.05, 0) is 37.1 Å². The molecule has 3 aromatic rings. The molecule has 1 aliphatic rings. The number of nitrogens with zero attached hydrogens (tertiary/aromatic N) is 3. The molecular weight excluding hydrogens is 466 g/mol. The SMILES string of the molecule is O=S(=O)(Nc1cc(-c2nnc3n2CCCCC3)c(F)cc1F)c1cccc(Br)c1. The van der Waals surface area contributed by atoms with Crippen molar-refractivity contribution in [1.82, 2.24) is 14.8 Å². The Hall–Kier alpha value is -2.33. The maximum atomic E-state index is 14.6. The molecule has 2 heterocycles. The van der Waals surface area contributed by atoms with Crippen LogP contribution in [0.25, 0.3) is 11.4 Å². The van der Waals surface area contributed by atoms with Crippen molar-refractivity contribution in [2.24, 2.45) is 0 Å². The summed E-state index contributed by atoms with van der Waals surface area (Å²) in [6.45, 7) is 0.633. The number of rotatable bonds is 4. The minimum Gasteiger partial charge on any atom is -0.311 e. The fourth-order valence-corrected chi connectivity index (χ4v) is 4.98. The van der Waals surface area contributed by atoms with E-state index in [4.69, 9.17) is 0 Å². The number of fused-ring (bicyclic) bond motifs is 1. The number of sulfonamides is 1. The lowest BCUT2D eigenvalue weighted by Crippen LogP contribution is -2.14. The third-order valence-corrected chi connectivity index (χ3v) is 6.61. The minimum atomic E-state index is -4.07. The summed E-state index contributed by atoms with van der Waals surface area (Å²) in [6.07, 6.45) is 3.65. The topological polar surface area (TPSA) is 76.9 Å². The van der Waals surface area contributed by atoms with Crippen molar-refractivity contribution in [3.05, 3.63) is 58.3 Å². The van der Waals surface area contributed by atoms with E-state index in [1.807, 2.05) is 4.57 Å². The second-order valence-electron chi connectivity index (χ2n) is 6.78. The van der Waals surface area contributed by atoms with Gasteiger partial charge in [0.1, 0.15) is 17.5 Å². The first kappa shape index (κ1) is 20.0. The fraction of sp³-hybridized carbons (Fsp3) is 0.263. The molecule has 0 fully saturated rings. The predicted octanol–water partition coefficient (Wildman–Crippen LogP) is 4.51. The zero-order valence-corrected chi connectivity index (χ0v) is 17.6. The molecule has 0 radical (unpaired) electrons. The summed E-state index contributed by atoms with van der Waals surface area (Å²) >= 11 is 3.21. The Balaban J connectivity index is 1.75. The van der Waals surface area contributed by atoms with Crippen molar-refractivity contribution >= 4 is 31.6 Å². The molecular formula is C19H17BrF2N4O2S. The smallest absolute Gasteiger partial charge is 0.262 e. The lowest BCUT2D eigenvalue weighted by Gasteiger charge is -2.13. The number of halogens is 3. The van der Waals surface area contributed by atoms with Crippen LogP contribution in [0, 0.1) is 11.6 Å². The molecule has 0 saturated heterocycles. The van der Waals surface area contributed by atoms with Gasteiger partial charge >= 0.3 is 0 Å². The predicted molar refractivity (Wildman–Crippen MR) is 108 cm³/mol.